The van der Waals surface area contributed by atoms with Gasteiger partial charge in [-0.05, 0) is 80.3 Å². The number of hydrogen-bond donors (Lipinski definition) is 4. The third-order valence-corrected chi connectivity index (χ3v) is 6.07. The molecule has 2 saturated heterocycles. The van der Waals surface area contributed by atoms with Gasteiger partial charge in [0.15, 0.2) is 0 Å². The molecular weight excluding hydrogens is 475 g/mol. The first-order valence-electron chi connectivity index (χ1n) is 12.6. The molecule has 2 aliphatic heterocycles. The van der Waals surface area contributed by atoms with Gasteiger partial charge >= 0.3 is 12.1 Å². The number of anilines is 1. The van der Waals surface area contributed by atoms with Gasteiger partial charge in [-0.15, -0.1) is 0 Å². The van der Waals surface area contributed by atoms with E-state index in [0.717, 1.165) is 24.4 Å². The number of aryl methyl sites for hydroxylation is 1. The first-order chi connectivity index (χ1) is 16.9. The van der Waals surface area contributed by atoms with Crippen LogP contribution in [0.15, 0.2) is 18.2 Å². The molecule has 1 unspecified atom stereocenters. The van der Waals surface area contributed by atoms with Crippen LogP contribution in [-0.2, 0) is 27.2 Å². The maximum atomic E-state index is 11.8. The number of alkyl halides is 3. The van der Waals surface area contributed by atoms with Crippen LogP contribution < -0.4 is 16.0 Å². The number of carbonyl (C=O) groups excluding carboxylic acids is 2. The molecule has 0 spiro atoms. The first kappa shape index (κ1) is 31.4. The fourth-order valence-electron chi connectivity index (χ4n) is 4.01. The molecule has 2 fully saturated rings. The molecule has 36 heavy (non-hydrogen) atoms. The molecule has 4 N–H and O–H groups in total. The van der Waals surface area contributed by atoms with Crippen molar-refractivity contribution >= 4 is 23.5 Å². The molecule has 0 bridgehead atoms. The van der Waals surface area contributed by atoms with Gasteiger partial charge in [-0.1, -0.05) is 40.2 Å². The summed E-state index contributed by atoms with van der Waals surface area (Å²) in [5.74, 6) is -1.51. The van der Waals surface area contributed by atoms with Crippen molar-refractivity contribution in [3.63, 3.8) is 0 Å². The molecule has 204 valence electrons. The lowest BCUT2D eigenvalue weighted by Crippen LogP contribution is -2.47. The number of carbonyl (C=O) groups is 3. The van der Waals surface area contributed by atoms with Crippen LogP contribution in [0, 0.1) is 11.8 Å². The van der Waals surface area contributed by atoms with Crippen LogP contribution in [0.2, 0.25) is 0 Å². The van der Waals surface area contributed by atoms with Crippen molar-refractivity contribution in [1.82, 2.24) is 10.6 Å². The molecule has 1 atom stereocenters. The normalized spacial score (nSPS) is 18.4. The van der Waals surface area contributed by atoms with Crippen LogP contribution in [0.4, 0.5) is 18.9 Å². The number of carboxylic acid groups (broad SMARTS) is 1. The number of imide groups is 1. The topological polar surface area (TPSA) is 108 Å². The van der Waals surface area contributed by atoms with E-state index in [1.54, 1.807) is 0 Å². The van der Waals surface area contributed by atoms with Gasteiger partial charge in [-0.3, -0.25) is 14.9 Å². The van der Waals surface area contributed by atoms with Gasteiger partial charge in [0.1, 0.15) is 6.04 Å². The smallest absolute Gasteiger partial charge is 0.475 e. The van der Waals surface area contributed by atoms with Gasteiger partial charge < -0.3 is 15.7 Å². The first-order valence-corrected chi connectivity index (χ1v) is 12.6. The molecule has 0 radical (unpaired) electrons. The van der Waals surface area contributed by atoms with E-state index < -0.39 is 12.1 Å². The van der Waals surface area contributed by atoms with E-state index in [9.17, 15) is 22.8 Å². The quantitative estimate of drug-likeness (QED) is 0.410. The average Bonchev–Trinajstić information content (AvgIpc) is 2.82. The fourth-order valence-corrected chi connectivity index (χ4v) is 4.01. The van der Waals surface area contributed by atoms with E-state index in [4.69, 9.17) is 9.90 Å². The van der Waals surface area contributed by atoms with Crippen LogP contribution in [0.25, 0.3) is 0 Å². The molecule has 3 rings (SSSR count). The SMILES string of the molecule is CCC1CCNCC1.CCc1cc(NC2CCC(=O)NC2=O)ccc1CC(C)C.O=C(O)C(F)(F)F. The summed E-state index contributed by atoms with van der Waals surface area (Å²) in [7, 11) is 0. The zero-order valence-corrected chi connectivity index (χ0v) is 21.6. The van der Waals surface area contributed by atoms with Gasteiger partial charge in [0.05, 0.1) is 0 Å². The summed E-state index contributed by atoms with van der Waals surface area (Å²) in [5.41, 5.74) is 3.65. The van der Waals surface area contributed by atoms with Gasteiger partial charge in [0.25, 0.3) is 0 Å². The van der Waals surface area contributed by atoms with E-state index in [2.05, 4.69) is 55.8 Å². The lowest BCUT2D eigenvalue weighted by molar-refractivity contribution is -0.192. The van der Waals surface area contributed by atoms with E-state index in [0.29, 0.717) is 18.8 Å². The standard InChI is InChI=1S/C17H24N2O2.C7H15N.C2HF3O2/c1-4-12-10-14(6-5-13(12)9-11(2)3)18-15-7-8-16(20)19-17(15)21;1-2-7-3-5-8-6-4-7;3-2(4,5)1(6)7/h5-6,10-11,15,18H,4,7-9H2,1-3H3,(H,19,20,21);7-8H,2-6H2,1H3;(H,6,7). The Morgan fingerprint density at radius 1 is 1.11 bits per heavy atom. The van der Waals surface area contributed by atoms with Crippen molar-refractivity contribution in [2.75, 3.05) is 18.4 Å². The molecule has 2 amide bonds. The number of aliphatic carboxylic acids is 1. The largest absolute Gasteiger partial charge is 0.490 e. The summed E-state index contributed by atoms with van der Waals surface area (Å²) in [6.45, 7) is 11.4. The fraction of sp³-hybridized carbons (Fsp3) is 0.654. The second-order valence-corrected chi connectivity index (χ2v) is 9.49. The summed E-state index contributed by atoms with van der Waals surface area (Å²) in [4.78, 5) is 31.8. The minimum absolute atomic E-state index is 0.181. The molecular formula is C26H40F3N3O4. The Balaban J connectivity index is 0.000000353. The molecule has 0 saturated carbocycles. The van der Waals surface area contributed by atoms with E-state index in [1.807, 2.05) is 6.07 Å². The zero-order chi connectivity index (χ0) is 27.3. The second kappa shape index (κ2) is 15.5. The summed E-state index contributed by atoms with van der Waals surface area (Å²) in [6.07, 6.45) is 2.10. The maximum Gasteiger partial charge on any atom is 0.490 e. The van der Waals surface area contributed by atoms with Gasteiger partial charge in [-0.25, -0.2) is 4.79 Å². The van der Waals surface area contributed by atoms with Crippen LogP contribution >= 0.6 is 0 Å². The lowest BCUT2D eigenvalue weighted by atomic mass is 9.96. The Hall–Kier alpha value is -2.62. The zero-order valence-electron chi connectivity index (χ0n) is 21.6. The summed E-state index contributed by atoms with van der Waals surface area (Å²) in [6, 6.07) is 5.98. The number of amides is 2. The van der Waals surface area contributed by atoms with Crippen LogP contribution in [0.5, 0.6) is 0 Å². The number of carboxylic acids is 1. The van der Waals surface area contributed by atoms with Gasteiger partial charge in [0, 0.05) is 12.1 Å². The Labute approximate surface area is 211 Å². The third kappa shape index (κ3) is 11.9. The van der Waals surface area contributed by atoms with Gasteiger partial charge in [-0.2, -0.15) is 13.2 Å². The van der Waals surface area contributed by atoms with Crippen molar-refractivity contribution in [2.24, 2.45) is 11.8 Å². The Morgan fingerprint density at radius 3 is 2.17 bits per heavy atom. The van der Waals surface area contributed by atoms with Crippen LogP contribution in [0.3, 0.4) is 0 Å². The number of hydrogen-bond acceptors (Lipinski definition) is 5. The number of rotatable bonds is 6. The highest BCUT2D eigenvalue weighted by molar-refractivity contribution is 6.01. The number of benzene rings is 1. The predicted molar refractivity (Wildman–Crippen MR) is 134 cm³/mol. The van der Waals surface area contributed by atoms with E-state index >= 15 is 0 Å². The summed E-state index contributed by atoms with van der Waals surface area (Å²) >= 11 is 0. The monoisotopic (exact) mass is 515 g/mol. The third-order valence-electron chi connectivity index (χ3n) is 6.07. The molecule has 1 aromatic carbocycles. The van der Waals surface area contributed by atoms with E-state index in [-0.39, 0.29) is 17.9 Å². The molecule has 2 aliphatic rings. The Kier molecular flexibility index (Phi) is 13.5. The van der Waals surface area contributed by atoms with Crippen molar-refractivity contribution in [3.8, 4) is 0 Å². The minimum atomic E-state index is -5.08. The number of halogens is 3. The Morgan fingerprint density at radius 2 is 1.72 bits per heavy atom. The highest BCUT2D eigenvalue weighted by Crippen LogP contribution is 2.21. The van der Waals surface area contributed by atoms with Crippen molar-refractivity contribution in [1.29, 1.82) is 0 Å². The highest BCUT2D eigenvalue weighted by atomic mass is 19.4. The van der Waals surface area contributed by atoms with Crippen molar-refractivity contribution < 1.29 is 32.7 Å². The summed E-state index contributed by atoms with van der Waals surface area (Å²) in [5, 5.41) is 16.1. The minimum Gasteiger partial charge on any atom is -0.475 e. The number of piperidine rings is 2. The maximum absolute atomic E-state index is 11.8. The molecule has 0 aromatic heterocycles. The second-order valence-electron chi connectivity index (χ2n) is 9.49. The molecule has 0 aliphatic carbocycles. The Bertz CT molecular complexity index is 853. The van der Waals surface area contributed by atoms with Crippen LogP contribution in [0.1, 0.15) is 70.9 Å². The average molecular weight is 516 g/mol. The van der Waals surface area contributed by atoms with Crippen molar-refractivity contribution in [3.05, 3.63) is 29.3 Å². The highest BCUT2D eigenvalue weighted by Gasteiger charge is 2.38. The lowest BCUT2D eigenvalue weighted by Gasteiger charge is -2.23. The van der Waals surface area contributed by atoms with Crippen molar-refractivity contribution in [2.45, 2.75) is 84.9 Å². The molecule has 10 heteroatoms. The molecule has 7 nitrogen and oxygen atoms in total. The predicted octanol–water partition coefficient (Wildman–Crippen LogP) is 4.69. The van der Waals surface area contributed by atoms with Crippen LogP contribution in [-0.4, -0.2) is 48.2 Å². The van der Waals surface area contributed by atoms with E-state index in [1.165, 1.54) is 43.5 Å². The van der Waals surface area contributed by atoms with Gasteiger partial charge in [0.2, 0.25) is 11.8 Å². The molecule has 1 aromatic rings. The molecule has 2 heterocycles. The number of nitrogens with one attached hydrogen (secondary N) is 3. The summed E-state index contributed by atoms with van der Waals surface area (Å²) < 4.78 is 31.7.